The molecule has 1 aliphatic carbocycles. The Balaban J connectivity index is 1.66. The number of nitrogens with zero attached hydrogens (tertiary/aromatic N) is 3. The summed E-state index contributed by atoms with van der Waals surface area (Å²) in [7, 11) is -3.57. The van der Waals surface area contributed by atoms with Gasteiger partial charge in [-0.3, -0.25) is 4.72 Å². The van der Waals surface area contributed by atoms with Crippen LogP contribution in [0.25, 0.3) is 5.65 Å². The van der Waals surface area contributed by atoms with E-state index >= 15 is 0 Å². The Bertz CT molecular complexity index is 1070. The Labute approximate surface area is 147 Å². The Kier molecular flexibility index (Phi) is 3.69. The highest BCUT2D eigenvalue weighted by Crippen LogP contribution is 2.39. The fraction of sp³-hybridized carbons (Fsp3) is 0.250. The van der Waals surface area contributed by atoms with Gasteiger partial charge in [-0.25, -0.2) is 14.0 Å². The van der Waals surface area contributed by atoms with Crippen LogP contribution in [0.4, 0.5) is 19.0 Å². The van der Waals surface area contributed by atoms with Crippen molar-refractivity contribution in [3.8, 4) is 0 Å². The molecular formula is C16H14F3N5OS. The fourth-order valence-electron chi connectivity index (χ4n) is 2.61. The largest absolute Gasteiger partial charge is 0.416 e. The molecule has 3 aromatic rings. The van der Waals surface area contributed by atoms with Gasteiger partial charge in [-0.05, 0) is 43.2 Å². The van der Waals surface area contributed by atoms with Gasteiger partial charge >= 0.3 is 6.18 Å². The molecule has 0 saturated heterocycles. The molecular weight excluding hydrogens is 367 g/mol. The zero-order valence-corrected chi connectivity index (χ0v) is 14.1. The molecule has 1 saturated carbocycles. The summed E-state index contributed by atoms with van der Waals surface area (Å²) in [6, 6.07) is 7.07. The van der Waals surface area contributed by atoms with Crippen molar-refractivity contribution in [3.63, 3.8) is 0 Å². The van der Waals surface area contributed by atoms with Crippen molar-refractivity contribution in [2.24, 2.45) is 0 Å². The molecule has 0 aliphatic heterocycles. The monoisotopic (exact) mass is 381 g/mol. The molecule has 26 heavy (non-hydrogen) atoms. The zero-order valence-electron chi connectivity index (χ0n) is 13.3. The molecule has 0 amide bonds. The second-order valence-corrected chi connectivity index (χ2v) is 7.91. The van der Waals surface area contributed by atoms with E-state index in [-0.39, 0.29) is 4.90 Å². The lowest BCUT2D eigenvalue weighted by Gasteiger charge is -2.13. The summed E-state index contributed by atoms with van der Waals surface area (Å²) in [6.45, 7) is 0. The summed E-state index contributed by atoms with van der Waals surface area (Å²) in [4.78, 5) is 4.14. The number of hydrogen-bond donors (Lipinski definition) is 2. The zero-order chi connectivity index (χ0) is 18.5. The predicted octanol–water partition coefficient (Wildman–Crippen LogP) is 4.06. The summed E-state index contributed by atoms with van der Waals surface area (Å²) in [5.74, 6) is 0.696. The van der Waals surface area contributed by atoms with Gasteiger partial charge in [-0.2, -0.15) is 22.8 Å². The number of nitrogens with one attached hydrogen (secondary N) is 2. The fourth-order valence-corrected chi connectivity index (χ4v) is 3.70. The van der Waals surface area contributed by atoms with Gasteiger partial charge in [-0.15, -0.1) is 0 Å². The second kappa shape index (κ2) is 5.70. The number of halogens is 3. The first-order valence-electron chi connectivity index (χ1n) is 7.82. The number of rotatable bonds is 4. The lowest BCUT2D eigenvalue weighted by atomic mass is 10.2. The van der Waals surface area contributed by atoms with Crippen LogP contribution in [0.1, 0.15) is 30.0 Å². The van der Waals surface area contributed by atoms with E-state index in [1.807, 2.05) is 6.07 Å². The smallest absolute Gasteiger partial charge is 0.279 e. The minimum atomic E-state index is -4.49. The molecule has 2 aromatic heterocycles. The molecule has 0 radical (unpaired) electrons. The number of aromatic nitrogens is 3. The molecule has 1 unspecified atom stereocenters. The van der Waals surface area contributed by atoms with Crippen LogP contribution in [0.3, 0.4) is 0 Å². The van der Waals surface area contributed by atoms with Crippen LogP contribution in [0.5, 0.6) is 0 Å². The van der Waals surface area contributed by atoms with Crippen LogP contribution >= 0.6 is 0 Å². The molecule has 0 bridgehead atoms. The Morgan fingerprint density at radius 1 is 1.19 bits per heavy atom. The number of fused-ring (bicyclic) bond motifs is 1. The summed E-state index contributed by atoms with van der Waals surface area (Å²) < 4.78 is 62.8. The number of alkyl halides is 3. The van der Waals surface area contributed by atoms with Gasteiger partial charge in [0, 0.05) is 18.2 Å². The first kappa shape index (κ1) is 16.8. The third-order valence-electron chi connectivity index (χ3n) is 4.13. The van der Waals surface area contributed by atoms with Crippen LogP contribution < -0.4 is 4.72 Å². The molecule has 2 heterocycles. The third kappa shape index (κ3) is 3.12. The lowest BCUT2D eigenvalue weighted by Crippen LogP contribution is -2.15. The Hall–Kier alpha value is -2.62. The highest BCUT2D eigenvalue weighted by molar-refractivity contribution is 7.93. The van der Waals surface area contributed by atoms with Crippen LogP contribution in [0.15, 0.2) is 47.5 Å². The number of anilines is 1. The Morgan fingerprint density at radius 2 is 1.88 bits per heavy atom. The van der Waals surface area contributed by atoms with Crippen molar-refractivity contribution in [3.05, 3.63) is 53.9 Å². The van der Waals surface area contributed by atoms with Crippen LogP contribution in [0, 0.1) is 4.78 Å². The van der Waals surface area contributed by atoms with Crippen molar-refractivity contribution in [2.45, 2.75) is 29.8 Å². The third-order valence-corrected chi connectivity index (χ3v) is 5.57. The normalized spacial score (nSPS) is 17.2. The van der Waals surface area contributed by atoms with Gasteiger partial charge in [0.1, 0.15) is 5.82 Å². The minimum absolute atomic E-state index is 0.0509. The van der Waals surface area contributed by atoms with Crippen LogP contribution in [0.2, 0.25) is 0 Å². The van der Waals surface area contributed by atoms with Gasteiger partial charge in [0.25, 0.3) is 0 Å². The minimum Gasteiger partial charge on any atom is -0.279 e. The molecule has 1 aliphatic rings. The van der Waals surface area contributed by atoms with E-state index in [1.165, 1.54) is 16.8 Å². The van der Waals surface area contributed by atoms with Crippen molar-refractivity contribution < 1.29 is 17.4 Å². The van der Waals surface area contributed by atoms with E-state index in [1.54, 1.807) is 0 Å². The second-order valence-electron chi connectivity index (χ2n) is 6.12. The van der Waals surface area contributed by atoms with Crippen LogP contribution in [-0.2, 0) is 16.1 Å². The van der Waals surface area contributed by atoms with E-state index < -0.39 is 21.7 Å². The molecule has 6 nitrogen and oxygen atoms in total. The highest BCUT2D eigenvalue weighted by Gasteiger charge is 2.30. The van der Waals surface area contributed by atoms with Crippen molar-refractivity contribution in [2.75, 3.05) is 4.72 Å². The van der Waals surface area contributed by atoms with Gasteiger partial charge in [-0.1, -0.05) is 0 Å². The summed E-state index contributed by atoms with van der Waals surface area (Å²) in [6.07, 6.45) is -0.862. The van der Waals surface area contributed by atoms with E-state index in [0.29, 0.717) is 17.4 Å². The molecule has 1 atom stereocenters. The van der Waals surface area contributed by atoms with Crippen molar-refractivity contribution in [1.29, 1.82) is 4.78 Å². The summed E-state index contributed by atoms with van der Waals surface area (Å²) in [5.41, 5.74) is 0.584. The summed E-state index contributed by atoms with van der Waals surface area (Å²) >= 11 is 0. The molecule has 136 valence electrons. The average molecular weight is 381 g/mol. The number of benzene rings is 1. The number of hydrogen-bond acceptors (Lipinski definition) is 4. The van der Waals surface area contributed by atoms with E-state index in [2.05, 4.69) is 14.8 Å². The molecule has 4 rings (SSSR count). The SMILES string of the molecule is N=S(=O)(Nc1ccnc2cc(C3CC3)nn12)c1ccc(C(F)(F)F)cc1. The van der Waals surface area contributed by atoms with Crippen molar-refractivity contribution >= 4 is 21.4 Å². The quantitative estimate of drug-likeness (QED) is 0.715. The van der Waals surface area contributed by atoms with E-state index in [4.69, 9.17) is 4.78 Å². The summed E-state index contributed by atoms with van der Waals surface area (Å²) in [5, 5.41) is 4.43. The van der Waals surface area contributed by atoms with E-state index in [0.717, 1.165) is 42.8 Å². The topological polar surface area (TPSA) is 83.1 Å². The average Bonchev–Trinajstić information content (AvgIpc) is 3.33. The first-order chi connectivity index (χ1) is 12.2. The van der Waals surface area contributed by atoms with Gasteiger partial charge in [0.15, 0.2) is 15.6 Å². The molecule has 1 fully saturated rings. The van der Waals surface area contributed by atoms with Gasteiger partial charge < -0.3 is 0 Å². The van der Waals surface area contributed by atoms with E-state index in [9.17, 15) is 17.4 Å². The lowest BCUT2D eigenvalue weighted by molar-refractivity contribution is -0.137. The van der Waals surface area contributed by atoms with Gasteiger partial charge in [0.05, 0.1) is 16.2 Å². The highest BCUT2D eigenvalue weighted by atomic mass is 32.2. The molecule has 1 aromatic carbocycles. The standard InChI is InChI=1S/C16H14F3N5OS/c17-16(18,19)11-3-5-12(6-4-11)26(20,25)23-14-7-8-21-15-9-13(10-1-2-10)22-24(14)15/h3-10H,1-2H2,(H2,20,23,25). The molecule has 0 spiro atoms. The van der Waals surface area contributed by atoms with Crippen LogP contribution in [-0.4, -0.2) is 18.8 Å². The maximum atomic E-state index is 12.7. The van der Waals surface area contributed by atoms with Crippen molar-refractivity contribution in [1.82, 2.24) is 14.6 Å². The maximum Gasteiger partial charge on any atom is 0.416 e. The van der Waals surface area contributed by atoms with Gasteiger partial charge in [0.2, 0.25) is 0 Å². The predicted molar refractivity (Wildman–Crippen MR) is 89.2 cm³/mol. The molecule has 10 heteroatoms. The molecule has 2 N–H and O–H groups in total. The Morgan fingerprint density at radius 3 is 2.50 bits per heavy atom. The maximum absolute atomic E-state index is 12.7. The first-order valence-corrected chi connectivity index (χ1v) is 9.38.